The van der Waals surface area contributed by atoms with Crippen molar-refractivity contribution in [2.45, 2.75) is 58.3 Å². The summed E-state index contributed by atoms with van der Waals surface area (Å²) in [6, 6.07) is 4.73. The molecule has 0 aliphatic carbocycles. The number of benzene rings is 1. The Bertz CT molecular complexity index is 1620. The number of piperidine rings is 1. The summed E-state index contributed by atoms with van der Waals surface area (Å²) in [7, 11) is 0. The van der Waals surface area contributed by atoms with Gasteiger partial charge in [-0.25, -0.2) is 14.2 Å². The molecule has 312 valence electrons. The summed E-state index contributed by atoms with van der Waals surface area (Å²) < 4.78 is 60.4. The van der Waals surface area contributed by atoms with E-state index in [1.54, 1.807) is 25.4 Å². The predicted octanol–water partition coefficient (Wildman–Crippen LogP) is 6.19. The van der Waals surface area contributed by atoms with Crippen molar-refractivity contribution in [2.24, 2.45) is 0 Å². The number of anilines is 1. The molecule has 1 aliphatic heterocycles. The van der Waals surface area contributed by atoms with E-state index in [-0.39, 0.29) is 23.5 Å². The lowest BCUT2D eigenvalue weighted by atomic mass is 10.1. The molecular weight excluding hydrogens is 772 g/mol. The van der Waals surface area contributed by atoms with E-state index in [9.17, 15) is 9.18 Å². The van der Waals surface area contributed by atoms with Crippen LogP contribution in [0.1, 0.15) is 58.2 Å². The van der Waals surface area contributed by atoms with Gasteiger partial charge in [0.2, 0.25) is 0 Å². The van der Waals surface area contributed by atoms with Crippen molar-refractivity contribution in [3.05, 3.63) is 58.2 Å². The summed E-state index contributed by atoms with van der Waals surface area (Å²) in [5.41, 5.74) is 7.61. The number of likely N-dealkylation sites (tertiary alicyclic amines) is 1. The molecule has 1 fully saturated rings. The van der Waals surface area contributed by atoms with E-state index >= 15 is 0 Å². The maximum absolute atomic E-state index is 14.1. The molecule has 1 aliphatic rings. The molecular formula is C39H56Cl2FN5O9. The summed E-state index contributed by atoms with van der Waals surface area (Å²) in [4.78, 5) is 18.3. The van der Waals surface area contributed by atoms with Crippen LogP contribution >= 0.6 is 23.2 Å². The number of hydrogen-bond acceptors (Lipinski definition) is 13. The number of hydrogen-bond donors (Lipinski definition) is 1. The highest BCUT2D eigenvalue weighted by Gasteiger charge is 2.23. The van der Waals surface area contributed by atoms with Gasteiger partial charge in [0.15, 0.2) is 11.6 Å². The molecule has 1 atom stereocenters. The lowest BCUT2D eigenvalue weighted by molar-refractivity contribution is -0.160. The topological polar surface area (TPSA) is 151 Å². The average molecular weight is 829 g/mol. The van der Waals surface area contributed by atoms with Gasteiger partial charge in [-0.1, -0.05) is 23.2 Å². The van der Waals surface area contributed by atoms with E-state index in [4.69, 9.17) is 66.8 Å². The molecule has 4 rings (SSSR count). The first-order valence-corrected chi connectivity index (χ1v) is 19.7. The number of carbonyl (C=O) groups excluding carboxylic acids is 1. The Labute approximate surface area is 338 Å². The minimum atomic E-state index is -0.669. The highest BCUT2D eigenvalue weighted by Crippen LogP contribution is 2.37. The van der Waals surface area contributed by atoms with Crippen molar-refractivity contribution in [1.82, 2.24) is 19.7 Å². The fourth-order valence-corrected chi connectivity index (χ4v) is 6.46. The molecule has 3 aromatic rings. The van der Waals surface area contributed by atoms with Crippen LogP contribution in [0.15, 0.2) is 36.8 Å². The number of halogens is 3. The van der Waals surface area contributed by atoms with Crippen LogP contribution in [0, 0.1) is 5.82 Å². The third-order valence-electron chi connectivity index (χ3n) is 8.59. The number of ether oxygens (including phenoxy) is 8. The standard InChI is InChI=1S/C39H56Cl2FN5O9/c1-28(36-32(40)5-6-33(42)37(36)41)55-34-23-29(24-44-38(34)43)30-25-45-47(26-30)31-7-9-46(10-8-31)11-12-49-13-14-50-15-16-51-17-18-52-19-20-53-21-22-54-27-35(48)56-39(2,3)4/h5-6,23-26,28,31H,7-22,27H2,1-4H3,(H2,43,44)/t28-/m1/s1. The molecule has 0 unspecified atom stereocenters. The third kappa shape index (κ3) is 16.0. The van der Waals surface area contributed by atoms with E-state index in [1.807, 2.05) is 31.6 Å². The number of rotatable bonds is 25. The number of nitrogen functional groups attached to an aromatic ring is 1. The number of carbonyl (C=O) groups is 1. The minimum absolute atomic E-state index is 0.0888. The fourth-order valence-electron chi connectivity index (χ4n) is 5.79. The minimum Gasteiger partial charge on any atom is -0.482 e. The predicted molar refractivity (Wildman–Crippen MR) is 211 cm³/mol. The average Bonchev–Trinajstić information content (AvgIpc) is 3.65. The van der Waals surface area contributed by atoms with Gasteiger partial charge < -0.3 is 48.5 Å². The SMILES string of the molecule is C[C@@H](Oc1cc(-c2cnn(C3CCN(CCOCCOCCOCCOCCOCCOCC(=O)OC(C)(C)C)CC3)c2)cnc1N)c1c(Cl)ccc(F)c1Cl. The summed E-state index contributed by atoms with van der Waals surface area (Å²) in [6.45, 7) is 15.0. The molecule has 0 saturated carbocycles. The molecule has 2 aromatic heterocycles. The van der Waals surface area contributed by atoms with Crippen molar-refractivity contribution < 1.29 is 47.1 Å². The fraction of sp³-hybridized carbons (Fsp3) is 0.615. The Kier molecular flexibility index (Phi) is 19.5. The van der Waals surface area contributed by atoms with Crippen LogP contribution < -0.4 is 10.5 Å². The Balaban J connectivity index is 0.988. The van der Waals surface area contributed by atoms with Gasteiger partial charge in [-0.15, -0.1) is 0 Å². The second-order valence-corrected chi connectivity index (χ2v) is 14.9. The number of esters is 1. The van der Waals surface area contributed by atoms with Crippen molar-refractivity contribution in [2.75, 3.05) is 105 Å². The zero-order valence-corrected chi connectivity index (χ0v) is 34.3. The van der Waals surface area contributed by atoms with Crippen molar-refractivity contribution >= 4 is 35.0 Å². The zero-order valence-electron chi connectivity index (χ0n) is 32.8. The molecule has 1 saturated heterocycles. The third-order valence-corrected chi connectivity index (χ3v) is 9.30. The van der Waals surface area contributed by atoms with E-state index < -0.39 is 23.5 Å². The Morgan fingerprint density at radius 2 is 1.45 bits per heavy atom. The molecule has 0 spiro atoms. The summed E-state index contributed by atoms with van der Waals surface area (Å²) >= 11 is 12.5. The second-order valence-electron chi connectivity index (χ2n) is 14.1. The molecule has 56 heavy (non-hydrogen) atoms. The number of pyridine rings is 1. The normalized spacial score (nSPS) is 14.6. The maximum atomic E-state index is 14.1. The van der Waals surface area contributed by atoms with Crippen molar-refractivity contribution in [3.63, 3.8) is 0 Å². The van der Waals surface area contributed by atoms with Crippen LogP contribution in [0.2, 0.25) is 10.0 Å². The second kappa shape index (κ2) is 24.0. The smallest absolute Gasteiger partial charge is 0.332 e. The molecule has 0 radical (unpaired) electrons. The molecule has 1 aromatic carbocycles. The van der Waals surface area contributed by atoms with Gasteiger partial charge in [-0.2, -0.15) is 5.10 Å². The first kappa shape index (κ1) is 45.6. The lowest BCUT2D eigenvalue weighted by Gasteiger charge is -2.31. The van der Waals surface area contributed by atoms with Crippen LogP contribution in [-0.4, -0.2) is 130 Å². The summed E-state index contributed by atoms with van der Waals surface area (Å²) in [5, 5.41) is 4.86. The van der Waals surface area contributed by atoms with E-state index in [0.717, 1.165) is 43.6 Å². The Hall–Kier alpha value is -3.12. The van der Waals surface area contributed by atoms with E-state index in [1.165, 1.54) is 12.1 Å². The molecule has 3 heterocycles. The lowest BCUT2D eigenvalue weighted by Crippen LogP contribution is -2.37. The number of nitrogens with two attached hydrogens (primary N) is 1. The first-order valence-electron chi connectivity index (χ1n) is 18.9. The Morgan fingerprint density at radius 3 is 2.04 bits per heavy atom. The van der Waals surface area contributed by atoms with Gasteiger partial charge in [-0.05, 0) is 58.7 Å². The number of nitrogens with zero attached hydrogens (tertiary/aromatic N) is 4. The highest BCUT2D eigenvalue weighted by molar-refractivity contribution is 6.36. The highest BCUT2D eigenvalue weighted by atomic mass is 35.5. The van der Waals surface area contributed by atoms with Gasteiger partial charge in [0.05, 0.1) is 89.9 Å². The molecule has 0 amide bonds. The zero-order chi connectivity index (χ0) is 40.3. The molecule has 0 bridgehead atoms. The van der Waals surface area contributed by atoms with Gasteiger partial charge in [0.1, 0.15) is 24.1 Å². The summed E-state index contributed by atoms with van der Waals surface area (Å²) in [5.74, 6) is -0.433. The number of aromatic nitrogens is 3. The largest absolute Gasteiger partial charge is 0.482 e. The molecule has 14 nitrogen and oxygen atoms in total. The van der Waals surface area contributed by atoms with E-state index in [0.29, 0.717) is 89.0 Å². The van der Waals surface area contributed by atoms with Crippen LogP contribution in [0.4, 0.5) is 10.2 Å². The monoisotopic (exact) mass is 827 g/mol. The van der Waals surface area contributed by atoms with Crippen LogP contribution in [0.25, 0.3) is 11.1 Å². The van der Waals surface area contributed by atoms with Crippen LogP contribution in [0.3, 0.4) is 0 Å². The van der Waals surface area contributed by atoms with Crippen LogP contribution in [0.5, 0.6) is 5.75 Å². The molecule has 2 N–H and O–H groups in total. The molecule has 17 heteroatoms. The van der Waals surface area contributed by atoms with Gasteiger partial charge >= 0.3 is 5.97 Å². The summed E-state index contributed by atoms with van der Waals surface area (Å²) in [6.07, 6.45) is 6.77. The quantitative estimate of drug-likeness (QED) is 0.0588. The van der Waals surface area contributed by atoms with Crippen molar-refractivity contribution in [3.8, 4) is 16.9 Å². The Morgan fingerprint density at radius 1 is 0.875 bits per heavy atom. The van der Waals surface area contributed by atoms with Crippen LogP contribution in [-0.2, 0) is 38.0 Å². The maximum Gasteiger partial charge on any atom is 0.332 e. The van der Waals surface area contributed by atoms with E-state index in [2.05, 4.69) is 15.0 Å². The van der Waals surface area contributed by atoms with Crippen molar-refractivity contribution in [1.29, 1.82) is 0 Å². The van der Waals surface area contributed by atoms with Gasteiger partial charge in [0.25, 0.3) is 0 Å². The van der Waals surface area contributed by atoms with Gasteiger partial charge in [0, 0.05) is 53.7 Å². The first-order chi connectivity index (χ1) is 26.9. The van der Waals surface area contributed by atoms with Gasteiger partial charge in [-0.3, -0.25) is 4.68 Å².